The summed E-state index contributed by atoms with van der Waals surface area (Å²) < 4.78 is 28.7. The number of nitrogens with zero attached hydrogens (tertiary/aromatic N) is 2. The molecule has 2 aromatic rings. The average molecular weight is 531 g/mol. The van der Waals surface area contributed by atoms with E-state index in [9.17, 15) is 33.1 Å². The molecule has 0 radical (unpaired) electrons. The van der Waals surface area contributed by atoms with Crippen LogP contribution in [0.2, 0.25) is 0 Å². The summed E-state index contributed by atoms with van der Waals surface area (Å²) in [5.41, 5.74) is -0.515. The molecular formula is C27H32F2N4O5. The number of rotatable bonds is 7. The van der Waals surface area contributed by atoms with Crippen LogP contribution in [0.25, 0.3) is 0 Å². The summed E-state index contributed by atoms with van der Waals surface area (Å²) in [7, 11) is 1.24. The second-order valence-corrected chi connectivity index (χ2v) is 10.2. The van der Waals surface area contributed by atoms with Crippen LogP contribution in [0.3, 0.4) is 0 Å². The molecule has 0 aromatic heterocycles. The van der Waals surface area contributed by atoms with Crippen molar-refractivity contribution < 1.29 is 33.1 Å². The molecule has 0 aliphatic carbocycles. The van der Waals surface area contributed by atoms with Gasteiger partial charge in [-0.15, -0.1) is 0 Å². The number of hydrogen-bond donors (Lipinski definition) is 3. The number of hydrogen-bond acceptors (Lipinski definition) is 4. The fourth-order valence-corrected chi connectivity index (χ4v) is 4.62. The first-order chi connectivity index (χ1) is 17.7. The molecule has 0 saturated carbocycles. The zero-order chi connectivity index (χ0) is 28.5. The lowest BCUT2D eigenvalue weighted by atomic mass is 9.80. The third-order valence-corrected chi connectivity index (χ3v) is 6.99. The minimum absolute atomic E-state index is 0.423. The topological polar surface area (TPSA) is 119 Å². The van der Waals surface area contributed by atoms with Crippen LogP contribution in [0.5, 0.6) is 0 Å². The van der Waals surface area contributed by atoms with E-state index in [-0.39, 0.29) is 0 Å². The van der Waals surface area contributed by atoms with Gasteiger partial charge in [0.1, 0.15) is 35.4 Å². The monoisotopic (exact) mass is 530 g/mol. The standard InChI is InChI=1S/C27H32F2N4O5/c1-14(2)20(30-23(34)15(3)32(6)26(37)38)25(36)33-19-13-8-7-10-16(19)27(4,5)22(33)24(35)31-21-17(28)11-9-12-18(21)29/h7-15,20,22H,1-6H3,(H,30,34)(H,31,35)(H,37,38)/t15-,20-,22+/m0/s1. The summed E-state index contributed by atoms with van der Waals surface area (Å²) in [5, 5.41) is 14.2. The molecule has 1 aliphatic rings. The molecule has 1 aliphatic heterocycles. The number of carbonyl (C=O) groups is 4. The molecular weight excluding hydrogens is 498 g/mol. The number of nitrogens with one attached hydrogen (secondary N) is 2. The van der Waals surface area contributed by atoms with Crippen molar-refractivity contribution in [1.82, 2.24) is 10.2 Å². The predicted molar refractivity (Wildman–Crippen MR) is 138 cm³/mol. The lowest BCUT2D eigenvalue weighted by Crippen LogP contribution is -2.60. The van der Waals surface area contributed by atoms with Crippen LogP contribution in [0, 0.1) is 17.6 Å². The number of benzene rings is 2. The van der Waals surface area contributed by atoms with Crippen LogP contribution in [-0.2, 0) is 19.8 Å². The number of likely N-dealkylation sites (N-methyl/N-ethyl adjacent to an activating group) is 1. The molecule has 11 heteroatoms. The summed E-state index contributed by atoms with van der Waals surface area (Å²) in [5.74, 6) is -4.50. The van der Waals surface area contributed by atoms with Gasteiger partial charge in [0, 0.05) is 18.2 Å². The van der Waals surface area contributed by atoms with E-state index in [0.29, 0.717) is 11.3 Å². The number of carboxylic acid groups (broad SMARTS) is 1. The molecule has 204 valence electrons. The Morgan fingerprint density at radius 2 is 1.58 bits per heavy atom. The maximum atomic E-state index is 14.4. The highest BCUT2D eigenvalue weighted by molar-refractivity contribution is 6.11. The van der Waals surface area contributed by atoms with E-state index in [1.807, 2.05) is 0 Å². The van der Waals surface area contributed by atoms with Gasteiger partial charge in [-0.2, -0.15) is 0 Å². The van der Waals surface area contributed by atoms with Crippen molar-refractivity contribution in [2.24, 2.45) is 5.92 Å². The Labute approximate surface area is 219 Å². The summed E-state index contributed by atoms with van der Waals surface area (Å²) in [6, 6.07) is 6.62. The molecule has 3 N–H and O–H groups in total. The first-order valence-corrected chi connectivity index (χ1v) is 12.1. The molecule has 1 heterocycles. The summed E-state index contributed by atoms with van der Waals surface area (Å²) >= 11 is 0. The van der Waals surface area contributed by atoms with Gasteiger partial charge in [-0.1, -0.05) is 52.0 Å². The van der Waals surface area contributed by atoms with Crippen molar-refractivity contribution in [3.05, 3.63) is 59.7 Å². The SMILES string of the molecule is CC(C)[C@H](NC(=O)[C@H](C)N(C)C(=O)O)C(=O)N1c2ccccc2C(C)(C)[C@H]1C(=O)Nc1c(F)cccc1F. The normalized spacial score (nSPS) is 17.4. The van der Waals surface area contributed by atoms with Gasteiger partial charge in [0.25, 0.3) is 5.91 Å². The first kappa shape index (κ1) is 28.5. The van der Waals surface area contributed by atoms with E-state index < -0.39 is 70.6 Å². The molecule has 0 bridgehead atoms. The molecule has 0 spiro atoms. The number of para-hydroxylation sites is 2. The molecule has 0 fully saturated rings. The Morgan fingerprint density at radius 1 is 1.00 bits per heavy atom. The Kier molecular flexibility index (Phi) is 8.09. The second kappa shape index (κ2) is 10.8. The van der Waals surface area contributed by atoms with Gasteiger partial charge in [0.05, 0.1) is 0 Å². The molecule has 0 unspecified atom stereocenters. The molecule has 3 atom stereocenters. The van der Waals surface area contributed by atoms with Gasteiger partial charge in [0.15, 0.2) is 0 Å². The number of carbonyl (C=O) groups excluding carboxylic acids is 3. The summed E-state index contributed by atoms with van der Waals surface area (Å²) in [6.07, 6.45) is -1.31. The van der Waals surface area contributed by atoms with Crippen molar-refractivity contribution in [3.8, 4) is 0 Å². The van der Waals surface area contributed by atoms with E-state index in [1.54, 1.807) is 52.0 Å². The Hall–Kier alpha value is -4.02. The highest BCUT2D eigenvalue weighted by Gasteiger charge is 2.52. The van der Waals surface area contributed by atoms with Crippen molar-refractivity contribution in [1.29, 1.82) is 0 Å². The van der Waals surface area contributed by atoms with E-state index in [4.69, 9.17) is 0 Å². The third kappa shape index (κ3) is 5.18. The second-order valence-electron chi connectivity index (χ2n) is 10.2. The van der Waals surface area contributed by atoms with Crippen LogP contribution in [0.4, 0.5) is 25.0 Å². The highest BCUT2D eigenvalue weighted by atomic mass is 19.1. The molecule has 4 amide bonds. The quantitative estimate of drug-likeness (QED) is 0.504. The zero-order valence-corrected chi connectivity index (χ0v) is 22.1. The van der Waals surface area contributed by atoms with Crippen LogP contribution in [0.15, 0.2) is 42.5 Å². The Morgan fingerprint density at radius 3 is 2.13 bits per heavy atom. The van der Waals surface area contributed by atoms with Gasteiger partial charge >= 0.3 is 6.09 Å². The van der Waals surface area contributed by atoms with E-state index in [0.717, 1.165) is 17.0 Å². The van der Waals surface area contributed by atoms with Gasteiger partial charge < -0.3 is 15.7 Å². The van der Waals surface area contributed by atoms with Gasteiger partial charge in [-0.3, -0.25) is 24.2 Å². The van der Waals surface area contributed by atoms with Gasteiger partial charge in [-0.05, 0) is 36.6 Å². The van der Waals surface area contributed by atoms with Crippen molar-refractivity contribution in [3.63, 3.8) is 0 Å². The van der Waals surface area contributed by atoms with E-state index in [2.05, 4.69) is 10.6 Å². The summed E-state index contributed by atoms with van der Waals surface area (Å²) in [6.45, 7) is 8.28. The van der Waals surface area contributed by atoms with Crippen LogP contribution in [0.1, 0.15) is 40.2 Å². The van der Waals surface area contributed by atoms with Crippen LogP contribution in [-0.4, -0.2) is 59.0 Å². The summed E-state index contributed by atoms with van der Waals surface area (Å²) in [4.78, 5) is 53.9. The van der Waals surface area contributed by atoms with Gasteiger partial charge in [0.2, 0.25) is 11.8 Å². The fraction of sp³-hybridized carbons (Fsp3) is 0.407. The minimum atomic E-state index is -1.31. The first-order valence-electron chi connectivity index (χ1n) is 12.1. The van der Waals surface area contributed by atoms with E-state index in [1.165, 1.54) is 24.9 Å². The fourth-order valence-electron chi connectivity index (χ4n) is 4.62. The van der Waals surface area contributed by atoms with E-state index >= 15 is 0 Å². The number of halogens is 2. The van der Waals surface area contributed by atoms with Crippen molar-refractivity contribution in [2.45, 2.75) is 58.2 Å². The largest absolute Gasteiger partial charge is 0.465 e. The van der Waals surface area contributed by atoms with Crippen LogP contribution >= 0.6 is 0 Å². The Bertz CT molecular complexity index is 1250. The maximum Gasteiger partial charge on any atom is 0.407 e. The lowest BCUT2D eigenvalue weighted by molar-refractivity contribution is -0.131. The molecule has 9 nitrogen and oxygen atoms in total. The third-order valence-electron chi connectivity index (χ3n) is 6.99. The molecule has 3 rings (SSSR count). The Balaban J connectivity index is 2.03. The average Bonchev–Trinajstić information content (AvgIpc) is 3.10. The number of amides is 4. The van der Waals surface area contributed by atoms with Crippen molar-refractivity contribution in [2.75, 3.05) is 17.3 Å². The smallest absolute Gasteiger partial charge is 0.407 e. The van der Waals surface area contributed by atoms with Crippen LogP contribution < -0.4 is 15.5 Å². The number of fused-ring (bicyclic) bond motifs is 1. The molecule has 0 saturated heterocycles. The minimum Gasteiger partial charge on any atom is -0.465 e. The predicted octanol–water partition coefficient (Wildman–Crippen LogP) is 3.74. The lowest BCUT2D eigenvalue weighted by Gasteiger charge is -2.35. The molecule has 2 aromatic carbocycles. The highest BCUT2D eigenvalue weighted by Crippen LogP contribution is 2.46. The van der Waals surface area contributed by atoms with Gasteiger partial charge in [-0.25, -0.2) is 13.6 Å². The van der Waals surface area contributed by atoms with Crippen molar-refractivity contribution >= 4 is 35.2 Å². The molecule has 38 heavy (non-hydrogen) atoms. The maximum absolute atomic E-state index is 14.4. The zero-order valence-electron chi connectivity index (χ0n) is 22.1. The number of anilines is 2.